The predicted octanol–water partition coefficient (Wildman–Crippen LogP) is 7.54. The molecule has 0 atom stereocenters. The van der Waals surface area contributed by atoms with Crippen molar-refractivity contribution in [3.05, 3.63) is 115 Å². The molecule has 5 heteroatoms. The molecule has 0 amide bonds. The van der Waals surface area contributed by atoms with Crippen molar-refractivity contribution < 1.29 is 14.3 Å². The quantitative estimate of drug-likeness (QED) is 0.183. The molecule has 3 aromatic carbocycles. The molecule has 0 heterocycles. The van der Waals surface area contributed by atoms with Crippen LogP contribution in [0.5, 0.6) is 0 Å². The van der Waals surface area contributed by atoms with E-state index in [-0.39, 0.29) is 10.2 Å². The molecule has 0 saturated heterocycles. The van der Waals surface area contributed by atoms with Crippen molar-refractivity contribution in [2.75, 3.05) is 0 Å². The summed E-state index contributed by atoms with van der Waals surface area (Å²) in [5.41, 5.74) is 4.80. The minimum absolute atomic E-state index is 0.0165. The van der Waals surface area contributed by atoms with E-state index in [9.17, 15) is 9.59 Å². The van der Waals surface area contributed by atoms with E-state index in [4.69, 9.17) is 4.74 Å². The van der Waals surface area contributed by atoms with Crippen LogP contribution in [0, 0.1) is 0 Å². The maximum atomic E-state index is 11.8. The highest BCUT2D eigenvalue weighted by molar-refractivity contribution is 8.14. The van der Waals surface area contributed by atoms with Crippen LogP contribution in [0.3, 0.4) is 0 Å². The molecule has 3 nitrogen and oxygen atoms in total. The Morgan fingerprint density at radius 3 is 1.97 bits per heavy atom. The van der Waals surface area contributed by atoms with Crippen molar-refractivity contribution in [3.8, 4) is 11.1 Å². The van der Waals surface area contributed by atoms with Gasteiger partial charge < -0.3 is 4.74 Å². The fraction of sp³-hybridized carbons (Fsp3) is 0.0714. The smallest absolute Gasteiger partial charge is 0.219 e. The van der Waals surface area contributed by atoms with Crippen LogP contribution in [0.4, 0.5) is 0 Å². The summed E-state index contributed by atoms with van der Waals surface area (Å²) in [5.74, 6) is 0. The second-order valence-electron chi connectivity index (χ2n) is 7.20. The summed E-state index contributed by atoms with van der Waals surface area (Å²) in [7, 11) is 0. The monoisotopic (exact) mass is 472 g/mol. The van der Waals surface area contributed by atoms with Crippen molar-refractivity contribution in [2.24, 2.45) is 0 Å². The summed E-state index contributed by atoms with van der Waals surface area (Å²) in [4.78, 5) is 24.9. The summed E-state index contributed by atoms with van der Waals surface area (Å²) in [6, 6.07) is 23.8. The van der Waals surface area contributed by atoms with Gasteiger partial charge in [-0.1, -0.05) is 61.7 Å². The molecule has 0 aliphatic heterocycles. The van der Waals surface area contributed by atoms with E-state index in [1.807, 2.05) is 66.7 Å². The van der Waals surface area contributed by atoms with Crippen LogP contribution in [0.25, 0.3) is 17.2 Å². The molecule has 0 aromatic heterocycles. The number of carbonyl (C=O) groups is 2. The Hall–Kier alpha value is -3.28. The lowest BCUT2D eigenvalue weighted by Crippen LogP contribution is -1.90. The minimum Gasteiger partial charge on any atom is -0.496 e. The van der Waals surface area contributed by atoms with Crippen LogP contribution < -0.4 is 0 Å². The Kier molecular flexibility index (Phi) is 8.93. The molecule has 0 spiro atoms. The number of hydrogen-bond donors (Lipinski definition) is 0. The van der Waals surface area contributed by atoms with Crippen LogP contribution in [0.1, 0.15) is 18.1 Å². The SMILES string of the molecule is C=CC(=O)Sc1ccc(COC=Cc2ccc(-c3ccc(SC(=O)C(=C)C)cc3)cc2)cc1. The Labute approximate surface area is 203 Å². The molecule has 0 unspecified atom stereocenters. The van der Waals surface area contributed by atoms with Crippen molar-refractivity contribution >= 4 is 39.8 Å². The summed E-state index contributed by atoms with van der Waals surface area (Å²) < 4.78 is 5.64. The molecular formula is C28H24O3S2. The lowest BCUT2D eigenvalue weighted by atomic mass is 10.0. The van der Waals surface area contributed by atoms with Gasteiger partial charge in [0.25, 0.3) is 0 Å². The van der Waals surface area contributed by atoms with Gasteiger partial charge in [-0.3, -0.25) is 9.59 Å². The number of carbonyl (C=O) groups excluding carboxylic acids is 2. The van der Waals surface area contributed by atoms with Gasteiger partial charge in [0.1, 0.15) is 6.61 Å². The zero-order chi connectivity index (χ0) is 23.6. The molecule has 3 aromatic rings. The Bertz CT molecular complexity index is 1160. The third-order valence-corrected chi connectivity index (χ3v) is 6.49. The lowest BCUT2D eigenvalue weighted by molar-refractivity contribution is -0.108. The van der Waals surface area contributed by atoms with E-state index in [0.29, 0.717) is 12.2 Å². The maximum absolute atomic E-state index is 11.8. The van der Waals surface area contributed by atoms with Crippen molar-refractivity contribution in [2.45, 2.75) is 23.3 Å². The first-order valence-corrected chi connectivity index (χ1v) is 11.9. The second-order valence-corrected chi connectivity index (χ2v) is 9.32. The largest absolute Gasteiger partial charge is 0.496 e. The fourth-order valence-electron chi connectivity index (χ4n) is 2.78. The van der Waals surface area contributed by atoms with Crippen LogP contribution in [-0.2, 0) is 20.9 Å². The van der Waals surface area contributed by atoms with Gasteiger partial charge in [-0.15, -0.1) is 0 Å². The molecule has 0 N–H and O–H groups in total. The first-order chi connectivity index (χ1) is 15.9. The van der Waals surface area contributed by atoms with Gasteiger partial charge >= 0.3 is 0 Å². The number of benzene rings is 3. The topological polar surface area (TPSA) is 43.4 Å². The highest BCUT2D eigenvalue weighted by Gasteiger charge is 2.06. The molecule has 0 saturated carbocycles. The second kappa shape index (κ2) is 12.1. The van der Waals surface area contributed by atoms with Gasteiger partial charge in [-0.2, -0.15) is 0 Å². The van der Waals surface area contributed by atoms with Crippen LogP contribution in [0.15, 0.2) is 114 Å². The zero-order valence-corrected chi connectivity index (χ0v) is 20.0. The molecule has 0 fully saturated rings. The van der Waals surface area contributed by atoms with Crippen molar-refractivity contribution in [3.63, 3.8) is 0 Å². The van der Waals surface area contributed by atoms with Gasteiger partial charge in [0, 0.05) is 9.79 Å². The van der Waals surface area contributed by atoms with Crippen LogP contribution in [0.2, 0.25) is 0 Å². The van der Waals surface area contributed by atoms with Crippen molar-refractivity contribution in [1.29, 1.82) is 0 Å². The van der Waals surface area contributed by atoms with E-state index >= 15 is 0 Å². The molecular weight excluding hydrogens is 448 g/mol. The molecule has 0 radical (unpaired) electrons. The van der Waals surface area contributed by atoms with Crippen molar-refractivity contribution in [1.82, 2.24) is 0 Å². The standard InChI is InChI=1S/C28H24O3S2/c1-4-27(29)32-25-13-7-22(8-14-25)19-31-18-17-21-5-9-23(10-6-21)24-11-15-26(16-12-24)33-28(30)20(2)3/h4-18H,1-2,19H2,3H3. The van der Waals surface area contributed by atoms with Crippen LogP contribution >= 0.6 is 23.5 Å². The summed E-state index contributed by atoms with van der Waals surface area (Å²) >= 11 is 2.34. The average Bonchev–Trinajstić information content (AvgIpc) is 2.83. The fourth-order valence-corrected chi connectivity index (χ4v) is 4.03. The molecule has 0 aliphatic rings. The Morgan fingerprint density at radius 1 is 0.848 bits per heavy atom. The summed E-state index contributed by atoms with van der Waals surface area (Å²) in [5, 5.41) is -0.0869. The highest BCUT2D eigenvalue weighted by Crippen LogP contribution is 2.26. The minimum atomic E-state index is -0.0703. The average molecular weight is 473 g/mol. The summed E-state index contributed by atoms with van der Waals surface area (Å²) in [6.45, 7) is 9.33. The van der Waals surface area contributed by atoms with E-state index in [1.54, 1.807) is 13.2 Å². The first-order valence-electron chi connectivity index (χ1n) is 10.2. The lowest BCUT2D eigenvalue weighted by Gasteiger charge is -2.05. The molecule has 33 heavy (non-hydrogen) atoms. The van der Waals surface area contributed by atoms with E-state index in [2.05, 4.69) is 25.3 Å². The van der Waals surface area contributed by atoms with Gasteiger partial charge in [-0.05, 0) is 94.7 Å². The van der Waals surface area contributed by atoms with E-state index < -0.39 is 0 Å². The number of rotatable bonds is 9. The number of thioether (sulfide) groups is 2. The van der Waals surface area contributed by atoms with Gasteiger partial charge in [0.05, 0.1) is 6.26 Å². The first kappa shape index (κ1) is 24.4. The molecule has 0 bridgehead atoms. The van der Waals surface area contributed by atoms with E-state index in [0.717, 1.165) is 43.8 Å². The van der Waals surface area contributed by atoms with Gasteiger partial charge in [0.15, 0.2) is 0 Å². The third-order valence-electron chi connectivity index (χ3n) is 4.57. The Balaban J connectivity index is 1.51. The van der Waals surface area contributed by atoms with Crippen LogP contribution in [-0.4, -0.2) is 10.2 Å². The normalized spacial score (nSPS) is 10.7. The van der Waals surface area contributed by atoms with Gasteiger partial charge in [-0.25, -0.2) is 0 Å². The maximum Gasteiger partial charge on any atom is 0.219 e. The predicted molar refractivity (Wildman–Crippen MR) is 139 cm³/mol. The molecule has 0 aliphatic carbocycles. The zero-order valence-electron chi connectivity index (χ0n) is 18.3. The molecule has 3 rings (SSSR count). The number of hydrogen-bond acceptors (Lipinski definition) is 5. The van der Waals surface area contributed by atoms with Gasteiger partial charge in [0.2, 0.25) is 10.2 Å². The third kappa shape index (κ3) is 7.67. The van der Waals surface area contributed by atoms with E-state index in [1.165, 1.54) is 17.8 Å². The summed E-state index contributed by atoms with van der Waals surface area (Å²) in [6.07, 6.45) is 4.91. The highest BCUT2D eigenvalue weighted by atomic mass is 32.2. The number of ether oxygens (including phenoxy) is 1. The molecule has 166 valence electrons. The Morgan fingerprint density at radius 2 is 1.39 bits per heavy atom.